The Balaban J connectivity index is 1.77. The van der Waals surface area contributed by atoms with Crippen molar-refractivity contribution in [2.45, 2.75) is 30.0 Å². The second-order valence-electron chi connectivity index (χ2n) is 6.50. The SMILES string of the molecule is CCOC(=O)CSc1nnc(-c2ccccc2S(=O)(=O)NC(=O)Nc2nc(C)cc(C)n2)s1. The lowest BCUT2D eigenvalue weighted by Crippen LogP contribution is -2.35. The van der Waals surface area contributed by atoms with Crippen LogP contribution in [0.3, 0.4) is 0 Å². The Hall–Kier alpha value is -3.10. The van der Waals surface area contributed by atoms with Crippen molar-refractivity contribution >= 4 is 51.1 Å². The average molecular weight is 509 g/mol. The maximum absolute atomic E-state index is 12.9. The van der Waals surface area contributed by atoms with Crippen molar-refractivity contribution in [2.75, 3.05) is 17.7 Å². The molecule has 174 valence electrons. The summed E-state index contributed by atoms with van der Waals surface area (Å²) in [6, 6.07) is 6.80. The van der Waals surface area contributed by atoms with Crippen LogP contribution in [0.2, 0.25) is 0 Å². The lowest BCUT2D eigenvalue weighted by molar-refractivity contribution is -0.139. The first-order valence-electron chi connectivity index (χ1n) is 9.55. The van der Waals surface area contributed by atoms with Gasteiger partial charge in [0.2, 0.25) is 5.95 Å². The lowest BCUT2D eigenvalue weighted by atomic mass is 10.2. The summed E-state index contributed by atoms with van der Waals surface area (Å²) in [7, 11) is -4.26. The summed E-state index contributed by atoms with van der Waals surface area (Å²) < 4.78 is 33.2. The molecule has 14 heteroatoms. The maximum atomic E-state index is 12.9. The maximum Gasteiger partial charge on any atom is 0.335 e. The molecule has 0 spiro atoms. The molecule has 2 heterocycles. The van der Waals surface area contributed by atoms with Crippen LogP contribution >= 0.6 is 23.1 Å². The van der Waals surface area contributed by atoms with E-state index in [9.17, 15) is 18.0 Å². The molecule has 0 atom stereocenters. The highest BCUT2D eigenvalue weighted by atomic mass is 32.2. The van der Waals surface area contributed by atoms with E-state index in [0.29, 0.717) is 20.7 Å². The molecule has 2 N–H and O–H groups in total. The highest BCUT2D eigenvalue weighted by molar-refractivity contribution is 8.01. The van der Waals surface area contributed by atoms with E-state index < -0.39 is 16.1 Å². The van der Waals surface area contributed by atoms with E-state index in [1.807, 2.05) is 4.72 Å². The normalized spacial score (nSPS) is 11.1. The van der Waals surface area contributed by atoms with Crippen LogP contribution in [0.1, 0.15) is 18.3 Å². The van der Waals surface area contributed by atoms with Gasteiger partial charge in [-0.25, -0.2) is 27.9 Å². The number of carbonyl (C=O) groups is 2. The Morgan fingerprint density at radius 3 is 2.52 bits per heavy atom. The fourth-order valence-corrected chi connectivity index (χ4v) is 5.53. The van der Waals surface area contributed by atoms with Gasteiger partial charge in [-0.3, -0.25) is 10.1 Å². The van der Waals surface area contributed by atoms with Gasteiger partial charge in [0.1, 0.15) is 5.01 Å². The van der Waals surface area contributed by atoms with Crippen LogP contribution in [0.4, 0.5) is 10.7 Å². The summed E-state index contributed by atoms with van der Waals surface area (Å²) in [4.78, 5) is 31.8. The minimum atomic E-state index is -4.26. The number of thioether (sulfide) groups is 1. The molecule has 0 unspecified atom stereocenters. The van der Waals surface area contributed by atoms with E-state index >= 15 is 0 Å². The number of urea groups is 1. The largest absolute Gasteiger partial charge is 0.465 e. The number of benzene rings is 1. The number of hydrogen-bond donors (Lipinski definition) is 2. The van der Waals surface area contributed by atoms with Crippen molar-refractivity contribution in [1.82, 2.24) is 24.9 Å². The Morgan fingerprint density at radius 1 is 1.12 bits per heavy atom. The molecule has 33 heavy (non-hydrogen) atoms. The topological polar surface area (TPSA) is 153 Å². The van der Waals surface area contributed by atoms with E-state index in [-0.39, 0.29) is 34.7 Å². The van der Waals surface area contributed by atoms with Gasteiger partial charge in [-0.1, -0.05) is 41.3 Å². The summed E-state index contributed by atoms with van der Waals surface area (Å²) in [6.45, 7) is 5.45. The number of nitrogens with zero attached hydrogens (tertiary/aromatic N) is 4. The number of ether oxygens (including phenoxy) is 1. The van der Waals surface area contributed by atoms with Gasteiger partial charge < -0.3 is 4.74 Å². The monoisotopic (exact) mass is 508 g/mol. The summed E-state index contributed by atoms with van der Waals surface area (Å²) in [5, 5.41) is 10.7. The summed E-state index contributed by atoms with van der Waals surface area (Å²) >= 11 is 2.26. The quantitative estimate of drug-likeness (QED) is 0.343. The summed E-state index contributed by atoms with van der Waals surface area (Å²) in [5.74, 6) is -0.337. The predicted molar refractivity (Wildman–Crippen MR) is 124 cm³/mol. The van der Waals surface area contributed by atoms with E-state index in [1.165, 1.54) is 12.1 Å². The van der Waals surface area contributed by atoms with Crippen LogP contribution < -0.4 is 10.0 Å². The molecule has 0 bridgehead atoms. The number of amides is 2. The zero-order valence-electron chi connectivity index (χ0n) is 17.9. The number of anilines is 1. The number of hydrogen-bond acceptors (Lipinski definition) is 11. The Kier molecular flexibility index (Phi) is 7.94. The van der Waals surface area contributed by atoms with Crippen LogP contribution in [0.25, 0.3) is 10.6 Å². The fraction of sp³-hybridized carbons (Fsp3) is 0.263. The van der Waals surface area contributed by atoms with Gasteiger partial charge in [0.25, 0.3) is 10.0 Å². The number of esters is 1. The first-order valence-corrected chi connectivity index (χ1v) is 12.8. The fourth-order valence-electron chi connectivity index (χ4n) is 2.66. The molecule has 0 saturated heterocycles. The van der Waals surface area contributed by atoms with Crippen molar-refractivity contribution in [3.63, 3.8) is 0 Å². The van der Waals surface area contributed by atoms with Crippen LogP contribution in [0.15, 0.2) is 39.6 Å². The standard InChI is InChI=1S/C19H20N6O5S3/c1-4-30-15(26)10-31-19-24-23-16(32-19)13-7-5-6-8-14(13)33(28,29)25-18(27)22-17-20-11(2)9-12(3)21-17/h5-9H,4,10H2,1-3H3,(H2,20,21,22,25,27). The predicted octanol–water partition coefficient (Wildman–Crippen LogP) is 2.78. The highest BCUT2D eigenvalue weighted by Gasteiger charge is 2.24. The third-order valence-corrected chi connectivity index (χ3v) is 7.32. The van der Waals surface area contributed by atoms with Crippen molar-refractivity contribution in [3.05, 3.63) is 41.7 Å². The Bertz CT molecular complexity index is 1260. The van der Waals surface area contributed by atoms with Crippen LogP contribution in [0, 0.1) is 13.8 Å². The molecule has 0 aliphatic rings. The first-order chi connectivity index (χ1) is 15.7. The van der Waals surface area contributed by atoms with Gasteiger partial charge >= 0.3 is 12.0 Å². The van der Waals surface area contributed by atoms with Crippen molar-refractivity contribution in [3.8, 4) is 10.6 Å². The minimum absolute atomic E-state index is 0.0131. The van der Waals surface area contributed by atoms with E-state index in [1.54, 1.807) is 39.0 Å². The molecule has 2 aromatic heterocycles. The van der Waals surface area contributed by atoms with Gasteiger partial charge in [0, 0.05) is 17.0 Å². The second-order valence-corrected chi connectivity index (χ2v) is 10.3. The van der Waals surface area contributed by atoms with Gasteiger partial charge in [-0.15, -0.1) is 10.2 Å². The molecule has 0 saturated carbocycles. The molecule has 3 rings (SSSR count). The molecule has 0 aliphatic carbocycles. The highest BCUT2D eigenvalue weighted by Crippen LogP contribution is 2.33. The molecule has 3 aromatic rings. The number of aromatic nitrogens is 4. The molecule has 0 fully saturated rings. The molecule has 0 aliphatic heterocycles. The smallest absolute Gasteiger partial charge is 0.335 e. The molecule has 11 nitrogen and oxygen atoms in total. The van der Waals surface area contributed by atoms with Crippen LogP contribution in [-0.4, -0.2) is 52.9 Å². The van der Waals surface area contributed by atoms with E-state index in [0.717, 1.165) is 23.1 Å². The van der Waals surface area contributed by atoms with Gasteiger partial charge in [-0.05, 0) is 32.9 Å². The number of carbonyl (C=O) groups excluding carboxylic acids is 2. The molecular weight excluding hydrogens is 488 g/mol. The number of rotatable bonds is 8. The molecular formula is C19H20N6O5S3. The minimum Gasteiger partial charge on any atom is -0.465 e. The number of nitrogens with one attached hydrogen (secondary N) is 2. The Morgan fingerprint density at radius 2 is 1.82 bits per heavy atom. The average Bonchev–Trinajstić information content (AvgIpc) is 3.20. The van der Waals surface area contributed by atoms with Crippen LogP contribution in [-0.2, 0) is 19.6 Å². The number of sulfonamides is 1. The van der Waals surface area contributed by atoms with Crippen LogP contribution in [0.5, 0.6) is 0 Å². The molecule has 1 aromatic carbocycles. The second kappa shape index (κ2) is 10.7. The summed E-state index contributed by atoms with van der Waals surface area (Å²) in [6.07, 6.45) is 0. The first kappa shape index (κ1) is 24.5. The lowest BCUT2D eigenvalue weighted by Gasteiger charge is -2.10. The van der Waals surface area contributed by atoms with Gasteiger partial charge in [0.15, 0.2) is 4.34 Å². The Labute approximate surface area is 198 Å². The van der Waals surface area contributed by atoms with Crippen molar-refractivity contribution < 1.29 is 22.7 Å². The van der Waals surface area contributed by atoms with Gasteiger partial charge in [0.05, 0.1) is 17.3 Å². The van der Waals surface area contributed by atoms with Gasteiger partial charge in [-0.2, -0.15) is 0 Å². The number of aryl methyl sites for hydroxylation is 2. The third-order valence-electron chi connectivity index (χ3n) is 3.87. The van der Waals surface area contributed by atoms with E-state index in [4.69, 9.17) is 4.74 Å². The molecule has 2 amide bonds. The zero-order valence-corrected chi connectivity index (χ0v) is 20.3. The third kappa shape index (κ3) is 6.69. The van der Waals surface area contributed by atoms with Crippen molar-refractivity contribution in [1.29, 1.82) is 0 Å². The van der Waals surface area contributed by atoms with Crippen molar-refractivity contribution in [2.24, 2.45) is 0 Å². The summed E-state index contributed by atoms with van der Waals surface area (Å²) in [5.41, 5.74) is 1.51. The van der Waals surface area contributed by atoms with E-state index in [2.05, 4.69) is 25.5 Å². The molecule has 0 radical (unpaired) electrons. The zero-order chi connectivity index (χ0) is 24.0.